The number of thiophene rings is 2. The third kappa shape index (κ3) is 7.20. The molecule has 0 bridgehead atoms. The molecular weight excluding hydrogens is 531 g/mol. The zero-order valence-electron chi connectivity index (χ0n) is 19.6. The maximum absolute atomic E-state index is 12.3. The van der Waals surface area contributed by atoms with Gasteiger partial charge in [0, 0.05) is 32.6 Å². The summed E-state index contributed by atoms with van der Waals surface area (Å²) in [6.07, 6.45) is 3.56. The van der Waals surface area contributed by atoms with E-state index in [0.29, 0.717) is 34.3 Å². The molecule has 0 spiro atoms. The summed E-state index contributed by atoms with van der Waals surface area (Å²) in [6, 6.07) is 22.8. The van der Waals surface area contributed by atoms with E-state index in [1.54, 1.807) is 46.9 Å². The molecule has 186 valence electrons. The standard InChI is InChI=1S/C28H26Cl2N2O2S2/c29-23-11-3-1-9-21(23)27(33)31-17-5-7-19-13-15-25(35-19)26-16-14-20(36-26)8-6-18-32-28(34)22-10-2-4-12-24(22)30/h1-4,9-16H,5-8,17-18H2,(H,31,33)(H,32,34). The van der Waals surface area contributed by atoms with Crippen molar-refractivity contribution in [2.45, 2.75) is 25.7 Å². The number of hydrogen-bond donors (Lipinski definition) is 2. The molecule has 0 fully saturated rings. The number of amides is 2. The van der Waals surface area contributed by atoms with Crippen molar-refractivity contribution >= 4 is 57.7 Å². The minimum atomic E-state index is -0.137. The predicted molar refractivity (Wildman–Crippen MR) is 152 cm³/mol. The second kappa shape index (κ2) is 13.1. The van der Waals surface area contributed by atoms with Gasteiger partial charge in [0.05, 0.1) is 21.2 Å². The zero-order valence-corrected chi connectivity index (χ0v) is 22.7. The van der Waals surface area contributed by atoms with Crippen molar-refractivity contribution in [2.24, 2.45) is 0 Å². The number of carbonyl (C=O) groups is 2. The highest BCUT2D eigenvalue weighted by molar-refractivity contribution is 7.22. The average molecular weight is 558 g/mol. The SMILES string of the molecule is O=C(NCCCc1ccc(-c2ccc(CCCNC(=O)c3ccccc3Cl)s2)s1)c1ccccc1Cl. The molecule has 0 radical (unpaired) electrons. The lowest BCUT2D eigenvalue weighted by Crippen LogP contribution is -2.24. The molecule has 0 aliphatic heterocycles. The van der Waals surface area contributed by atoms with E-state index < -0.39 is 0 Å². The highest BCUT2D eigenvalue weighted by Crippen LogP contribution is 2.34. The van der Waals surface area contributed by atoms with E-state index >= 15 is 0 Å². The highest BCUT2D eigenvalue weighted by atomic mass is 35.5. The van der Waals surface area contributed by atoms with Gasteiger partial charge in [0.1, 0.15) is 0 Å². The van der Waals surface area contributed by atoms with Crippen molar-refractivity contribution in [3.05, 3.63) is 104 Å². The Morgan fingerprint density at radius 2 is 1.03 bits per heavy atom. The first kappa shape index (κ1) is 26.4. The van der Waals surface area contributed by atoms with Crippen molar-refractivity contribution in [1.82, 2.24) is 10.6 Å². The van der Waals surface area contributed by atoms with Gasteiger partial charge in [-0.15, -0.1) is 22.7 Å². The summed E-state index contributed by atoms with van der Waals surface area (Å²) in [7, 11) is 0. The predicted octanol–water partition coefficient (Wildman–Crippen LogP) is 7.51. The first-order valence-corrected chi connectivity index (χ1v) is 14.1. The number of benzene rings is 2. The molecule has 4 rings (SSSR count). The molecule has 2 aromatic carbocycles. The quantitative estimate of drug-likeness (QED) is 0.188. The fraction of sp³-hybridized carbons (Fsp3) is 0.214. The van der Waals surface area contributed by atoms with Gasteiger partial charge in [0.25, 0.3) is 11.8 Å². The lowest BCUT2D eigenvalue weighted by molar-refractivity contribution is 0.0945. The molecular formula is C28H26Cl2N2O2S2. The average Bonchev–Trinajstić information content (AvgIpc) is 3.54. The summed E-state index contributed by atoms with van der Waals surface area (Å²) >= 11 is 15.8. The van der Waals surface area contributed by atoms with Gasteiger partial charge < -0.3 is 10.6 Å². The van der Waals surface area contributed by atoms with Crippen molar-refractivity contribution in [2.75, 3.05) is 13.1 Å². The normalized spacial score (nSPS) is 10.8. The van der Waals surface area contributed by atoms with Crippen LogP contribution in [0.2, 0.25) is 10.0 Å². The molecule has 2 heterocycles. The van der Waals surface area contributed by atoms with Gasteiger partial charge in [0.2, 0.25) is 0 Å². The van der Waals surface area contributed by atoms with Gasteiger partial charge in [-0.05, 0) is 74.2 Å². The first-order chi connectivity index (χ1) is 17.5. The number of carbonyl (C=O) groups excluding carboxylic acids is 2. The fourth-order valence-electron chi connectivity index (χ4n) is 3.70. The maximum atomic E-state index is 12.3. The van der Waals surface area contributed by atoms with E-state index in [-0.39, 0.29) is 11.8 Å². The van der Waals surface area contributed by atoms with E-state index in [4.69, 9.17) is 23.2 Å². The molecule has 8 heteroatoms. The second-order valence-corrected chi connectivity index (χ2v) is 11.4. The van der Waals surface area contributed by atoms with Crippen molar-refractivity contribution < 1.29 is 9.59 Å². The van der Waals surface area contributed by atoms with Crippen LogP contribution in [0.4, 0.5) is 0 Å². The largest absolute Gasteiger partial charge is 0.352 e. The minimum absolute atomic E-state index is 0.137. The molecule has 0 aliphatic carbocycles. The third-order valence-corrected chi connectivity index (χ3v) is 8.72. The smallest absolute Gasteiger partial charge is 0.252 e. The third-order valence-electron chi connectivity index (χ3n) is 5.57. The van der Waals surface area contributed by atoms with E-state index in [9.17, 15) is 9.59 Å². The van der Waals surface area contributed by atoms with Gasteiger partial charge in [-0.3, -0.25) is 9.59 Å². The van der Waals surface area contributed by atoms with E-state index in [2.05, 4.69) is 34.9 Å². The van der Waals surface area contributed by atoms with Crippen LogP contribution in [-0.4, -0.2) is 24.9 Å². The summed E-state index contributed by atoms with van der Waals surface area (Å²) in [5.41, 5.74) is 1.02. The monoisotopic (exact) mass is 556 g/mol. The fourth-order valence-corrected chi connectivity index (χ4v) is 6.33. The van der Waals surface area contributed by atoms with Crippen molar-refractivity contribution in [1.29, 1.82) is 0 Å². The van der Waals surface area contributed by atoms with Crippen molar-refractivity contribution in [3.8, 4) is 9.75 Å². The van der Waals surface area contributed by atoms with Crippen molar-refractivity contribution in [3.63, 3.8) is 0 Å². The Kier molecular flexibility index (Phi) is 9.59. The van der Waals surface area contributed by atoms with Crippen LogP contribution in [0.1, 0.15) is 43.3 Å². The molecule has 2 aromatic heterocycles. The summed E-state index contributed by atoms with van der Waals surface area (Å²) < 4.78 is 0. The van der Waals surface area contributed by atoms with E-state index in [1.165, 1.54) is 19.5 Å². The molecule has 0 aliphatic rings. The summed E-state index contributed by atoms with van der Waals surface area (Å²) in [5.74, 6) is -0.274. The van der Waals surface area contributed by atoms with Gasteiger partial charge in [-0.2, -0.15) is 0 Å². The Hall–Kier alpha value is -2.64. The first-order valence-electron chi connectivity index (χ1n) is 11.7. The Morgan fingerprint density at radius 3 is 1.44 bits per heavy atom. The van der Waals surface area contributed by atoms with Gasteiger partial charge >= 0.3 is 0 Å². The van der Waals surface area contributed by atoms with Gasteiger partial charge in [-0.1, -0.05) is 47.5 Å². The second-order valence-electron chi connectivity index (χ2n) is 8.21. The molecule has 2 N–H and O–H groups in total. The number of rotatable bonds is 11. The lowest BCUT2D eigenvalue weighted by atomic mass is 10.2. The number of halogens is 2. The lowest BCUT2D eigenvalue weighted by Gasteiger charge is -2.06. The van der Waals surface area contributed by atoms with Crippen LogP contribution in [0.15, 0.2) is 72.8 Å². The Morgan fingerprint density at radius 1 is 0.611 bits per heavy atom. The molecule has 4 aromatic rings. The van der Waals surface area contributed by atoms with E-state index in [0.717, 1.165) is 25.7 Å². The van der Waals surface area contributed by atoms with E-state index in [1.807, 2.05) is 24.3 Å². The topological polar surface area (TPSA) is 58.2 Å². The molecule has 4 nitrogen and oxygen atoms in total. The summed E-state index contributed by atoms with van der Waals surface area (Å²) in [4.78, 5) is 29.6. The van der Waals surface area contributed by atoms with Crippen LogP contribution >= 0.6 is 45.9 Å². The molecule has 0 saturated heterocycles. The number of aryl methyl sites for hydroxylation is 2. The van der Waals surface area contributed by atoms with Crippen LogP contribution in [0.5, 0.6) is 0 Å². The minimum Gasteiger partial charge on any atom is -0.352 e. The molecule has 36 heavy (non-hydrogen) atoms. The van der Waals surface area contributed by atoms with Crippen LogP contribution in [0.25, 0.3) is 9.75 Å². The summed E-state index contributed by atoms with van der Waals surface area (Å²) in [6.45, 7) is 1.21. The molecule has 2 amide bonds. The van der Waals surface area contributed by atoms with Crippen LogP contribution in [0.3, 0.4) is 0 Å². The molecule has 0 saturated carbocycles. The van der Waals surface area contributed by atoms with Crippen LogP contribution < -0.4 is 10.6 Å². The Bertz CT molecular complexity index is 1230. The van der Waals surface area contributed by atoms with Crippen LogP contribution in [0, 0.1) is 0 Å². The van der Waals surface area contributed by atoms with Gasteiger partial charge in [0.15, 0.2) is 0 Å². The highest BCUT2D eigenvalue weighted by Gasteiger charge is 2.11. The Labute approximate surface area is 229 Å². The van der Waals surface area contributed by atoms with Crippen LogP contribution in [-0.2, 0) is 12.8 Å². The van der Waals surface area contributed by atoms with Gasteiger partial charge in [-0.25, -0.2) is 0 Å². The zero-order chi connectivity index (χ0) is 25.3. The Balaban J connectivity index is 1.18. The number of hydrogen-bond acceptors (Lipinski definition) is 4. The number of nitrogens with one attached hydrogen (secondary N) is 2. The molecule has 0 atom stereocenters. The summed E-state index contributed by atoms with van der Waals surface area (Å²) in [5, 5.41) is 6.83. The molecule has 0 unspecified atom stereocenters. The maximum Gasteiger partial charge on any atom is 0.252 e.